The van der Waals surface area contributed by atoms with E-state index in [4.69, 9.17) is 10.5 Å². The van der Waals surface area contributed by atoms with Crippen LogP contribution in [0.25, 0.3) is 0 Å². The van der Waals surface area contributed by atoms with Crippen molar-refractivity contribution in [2.75, 3.05) is 30.8 Å². The SMILES string of the molecule is COCc1nc(N)cc(N2CCCCCCC2)n1. The Morgan fingerprint density at radius 3 is 2.50 bits per heavy atom. The molecule has 5 nitrogen and oxygen atoms in total. The fourth-order valence-electron chi connectivity index (χ4n) is 2.34. The van der Waals surface area contributed by atoms with Crippen LogP contribution >= 0.6 is 0 Å². The normalized spacial score (nSPS) is 17.3. The van der Waals surface area contributed by atoms with Crippen molar-refractivity contribution in [1.29, 1.82) is 0 Å². The van der Waals surface area contributed by atoms with E-state index in [1.165, 1.54) is 32.1 Å². The van der Waals surface area contributed by atoms with Crippen LogP contribution in [0.1, 0.15) is 37.9 Å². The van der Waals surface area contributed by atoms with E-state index in [1.807, 2.05) is 6.07 Å². The summed E-state index contributed by atoms with van der Waals surface area (Å²) < 4.78 is 5.07. The third-order valence-electron chi connectivity index (χ3n) is 3.23. The van der Waals surface area contributed by atoms with Crippen molar-refractivity contribution >= 4 is 11.6 Å². The van der Waals surface area contributed by atoms with Gasteiger partial charge in [-0.05, 0) is 12.8 Å². The molecule has 0 spiro atoms. The number of methoxy groups -OCH3 is 1. The highest BCUT2D eigenvalue weighted by atomic mass is 16.5. The molecule has 1 fully saturated rings. The minimum Gasteiger partial charge on any atom is -0.384 e. The van der Waals surface area contributed by atoms with Crippen LogP contribution in [-0.2, 0) is 11.3 Å². The summed E-state index contributed by atoms with van der Waals surface area (Å²) in [6.45, 7) is 2.53. The number of anilines is 2. The van der Waals surface area contributed by atoms with Crippen LogP contribution in [0.2, 0.25) is 0 Å². The zero-order valence-corrected chi connectivity index (χ0v) is 11.1. The van der Waals surface area contributed by atoms with Crippen molar-refractivity contribution in [2.24, 2.45) is 0 Å². The zero-order valence-electron chi connectivity index (χ0n) is 11.1. The topological polar surface area (TPSA) is 64.3 Å². The van der Waals surface area contributed by atoms with Gasteiger partial charge in [0.25, 0.3) is 0 Å². The first-order chi connectivity index (χ1) is 8.79. The average molecular weight is 250 g/mol. The first kappa shape index (κ1) is 13.1. The predicted octanol–water partition coefficient (Wildman–Crippen LogP) is 1.98. The van der Waals surface area contributed by atoms with Crippen molar-refractivity contribution in [3.8, 4) is 0 Å². The van der Waals surface area contributed by atoms with E-state index in [1.54, 1.807) is 7.11 Å². The molecule has 5 heteroatoms. The van der Waals surface area contributed by atoms with E-state index in [0.29, 0.717) is 18.2 Å². The largest absolute Gasteiger partial charge is 0.384 e. The second-order valence-electron chi connectivity index (χ2n) is 4.76. The van der Waals surface area contributed by atoms with E-state index in [0.717, 1.165) is 18.9 Å². The summed E-state index contributed by atoms with van der Waals surface area (Å²) in [5.41, 5.74) is 5.83. The lowest BCUT2D eigenvalue weighted by Gasteiger charge is -2.26. The Bertz CT molecular complexity index is 375. The molecule has 100 valence electrons. The van der Waals surface area contributed by atoms with Gasteiger partial charge in [0.15, 0.2) is 5.82 Å². The monoisotopic (exact) mass is 250 g/mol. The quantitative estimate of drug-likeness (QED) is 0.888. The summed E-state index contributed by atoms with van der Waals surface area (Å²) in [6, 6.07) is 1.86. The van der Waals surface area contributed by atoms with Crippen molar-refractivity contribution < 1.29 is 4.74 Å². The first-order valence-corrected chi connectivity index (χ1v) is 6.67. The highest BCUT2D eigenvalue weighted by Gasteiger charge is 2.12. The van der Waals surface area contributed by atoms with Crippen molar-refractivity contribution in [3.63, 3.8) is 0 Å². The van der Waals surface area contributed by atoms with Crippen molar-refractivity contribution in [1.82, 2.24) is 9.97 Å². The molecule has 0 bridgehead atoms. The predicted molar refractivity (Wildman–Crippen MR) is 72.5 cm³/mol. The lowest BCUT2D eigenvalue weighted by atomic mass is 10.1. The van der Waals surface area contributed by atoms with E-state index < -0.39 is 0 Å². The number of rotatable bonds is 3. The molecule has 0 amide bonds. The fourth-order valence-corrected chi connectivity index (χ4v) is 2.34. The molecule has 1 aliphatic rings. The molecular weight excluding hydrogens is 228 g/mol. The van der Waals surface area contributed by atoms with Crippen LogP contribution in [0.15, 0.2) is 6.07 Å². The van der Waals surface area contributed by atoms with E-state index in [9.17, 15) is 0 Å². The summed E-state index contributed by atoms with van der Waals surface area (Å²) in [4.78, 5) is 11.0. The lowest BCUT2D eigenvalue weighted by molar-refractivity contribution is 0.178. The summed E-state index contributed by atoms with van der Waals surface area (Å²) in [6.07, 6.45) is 6.42. The molecule has 0 saturated carbocycles. The minimum atomic E-state index is 0.409. The molecular formula is C13H22N4O. The molecule has 1 aromatic heterocycles. The van der Waals surface area contributed by atoms with Gasteiger partial charge in [-0.1, -0.05) is 19.3 Å². The molecule has 1 saturated heterocycles. The van der Waals surface area contributed by atoms with Gasteiger partial charge in [0, 0.05) is 26.3 Å². The number of nitrogen functional groups attached to an aromatic ring is 1. The molecule has 2 N–H and O–H groups in total. The van der Waals surface area contributed by atoms with Crippen LogP contribution in [0.3, 0.4) is 0 Å². The number of hydrogen-bond acceptors (Lipinski definition) is 5. The average Bonchev–Trinajstić information content (AvgIpc) is 2.27. The minimum absolute atomic E-state index is 0.409. The number of hydrogen-bond donors (Lipinski definition) is 1. The molecule has 1 aromatic rings. The van der Waals surface area contributed by atoms with Gasteiger partial charge >= 0.3 is 0 Å². The second kappa shape index (κ2) is 6.54. The Kier molecular flexibility index (Phi) is 4.75. The number of nitrogens with zero attached hydrogens (tertiary/aromatic N) is 3. The van der Waals surface area contributed by atoms with Crippen LogP contribution in [-0.4, -0.2) is 30.2 Å². The third-order valence-corrected chi connectivity index (χ3v) is 3.23. The Morgan fingerprint density at radius 2 is 1.83 bits per heavy atom. The van der Waals surface area contributed by atoms with Gasteiger partial charge in [0.1, 0.15) is 18.2 Å². The molecule has 1 aliphatic heterocycles. The van der Waals surface area contributed by atoms with Gasteiger partial charge in [-0.25, -0.2) is 9.97 Å². The molecule has 0 aliphatic carbocycles. The zero-order chi connectivity index (χ0) is 12.8. The van der Waals surface area contributed by atoms with Crippen LogP contribution < -0.4 is 10.6 Å². The Labute approximate surface area is 108 Å². The highest BCUT2D eigenvalue weighted by molar-refractivity contribution is 5.47. The second-order valence-corrected chi connectivity index (χ2v) is 4.76. The lowest BCUT2D eigenvalue weighted by Crippen LogP contribution is -2.28. The maximum Gasteiger partial charge on any atom is 0.158 e. The fraction of sp³-hybridized carbons (Fsp3) is 0.692. The van der Waals surface area contributed by atoms with Gasteiger partial charge < -0.3 is 15.4 Å². The molecule has 2 heterocycles. The molecule has 0 unspecified atom stereocenters. The van der Waals surface area contributed by atoms with Gasteiger partial charge in [-0.3, -0.25) is 0 Å². The van der Waals surface area contributed by atoms with E-state index >= 15 is 0 Å². The van der Waals surface area contributed by atoms with Gasteiger partial charge in [0.2, 0.25) is 0 Å². The summed E-state index contributed by atoms with van der Waals surface area (Å²) in [5.74, 6) is 2.13. The standard InChI is InChI=1S/C13H22N4O/c1-18-10-12-15-11(14)9-13(16-12)17-7-5-3-2-4-6-8-17/h9H,2-8,10H2,1H3,(H2,14,15,16). The number of ether oxygens (including phenoxy) is 1. The van der Waals surface area contributed by atoms with Gasteiger partial charge in [-0.2, -0.15) is 0 Å². The third kappa shape index (κ3) is 3.57. The summed E-state index contributed by atoms with van der Waals surface area (Å²) >= 11 is 0. The smallest absolute Gasteiger partial charge is 0.158 e. The van der Waals surface area contributed by atoms with Gasteiger partial charge in [0.05, 0.1) is 0 Å². The maximum absolute atomic E-state index is 5.83. The van der Waals surface area contributed by atoms with Crippen LogP contribution in [0.5, 0.6) is 0 Å². The van der Waals surface area contributed by atoms with Crippen molar-refractivity contribution in [3.05, 3.63) is 11.9 Å². The Morgan fingerprint density at radius 1 is 1.17 bits per heavy atom. The van der Waals surface area contributed by atoms with Crippen LogP contribution in [0, 0.1) is 0 Å². The van der Waals surface area contributed by atoms with E-state index in [-0.39, 0.29) is 0 Å². The summed E-state index contributed by atoms with van der Waals surface area (Å²) in [7, 11) is 1.64. The van der Waals surface area contributed by atoms with Crippen LogP contribution in [0.4, 0.5) is 11.6 Å². The molecule has 0 atom stereocenters. The number of aromatic nitrogens is 2. The van der Waals surface area contributed by atoms with E-state index in [2.05, 4.69) is 14.9 Å². The summed E-state index contributed by atoms with van der Waals surface area (Å²) in [5, 5.41) is 0. The molecule has 0 radical (unpaired) electrons. The molecule has 2 rings (SSSR count). The highest BCUT2D eigenvalue weighted by Crippen LogP contribution is 2.19. The Balaban J connectivity index is 2.14. The maximum atomic E-state index is 5.83. The first-order valence-electron chi connectivity index (χ1n) is 6.67. The molecule has 18 heavy (non-hydrogen) atoms. The van der Waals surface area contributed by atoms with Crippen molar-refractivity contribution in [2.45, 2.75) is 38.7 Å². The molecule has 0 aromatic carbocycles. The van der Waals surface area contributed by atoms with Gasteiger partial charge in [-0.15, -0.1) is 0 Å². The Hall–Kier alpha value is -1.36. The number of nitrogens with two attached hydrogens (primary N) is 1.